The lowest BCUT2D eigenvalue weighted by Crippen LogP contribution is -2.45. The number of urea groups is 1. The second kappa shape index (κ2) is 15.6. The molecular weight excluding hydrogens is 477 g/mol. The van der Waals surface area contributed by atoms with Crippen LogP contribution in [0, 0.1) is 5.41 Å². The molecule has 0 radical (unpaired) electrons. The molecule has 206 valence electrons. The maximum atomic E-state index is 12.7. The highest BCUT2D eigenvalue weighted by molar-refractivity contribution is 5.74. The average Bonchev–Trinajstić information content (AvgIpc) is 2.78. The quantitative estimate of drug-likeness (QED) is 0.276. The smallest absolute Gasteiger partial charge is 0.389 e. The Morgan fingerprint density at radius 1 is 1.03 bits per heavy atom. The molecule has 0 aliphatic carbocycles. The number of benzene rings is 1. The third-order valence-electron chi connectivity index (χ3n) is 5.31. The molecule has 0 saturated heterocycles. The second-order valence-electron chi connectivity index (χ2n) is 9.96. The number of unbranched alkanes of at least 4 members (excludes halogenated alkanes) is 3. The summed E-state index contributed by atoms with van der Waals surface area (Å²) >= 11 is 0. The van der Waals surface area contributed by atoms with Crippen LogP contribution in [0.3, 0.4) is 0 Å². The molecule has 0 bridgehead atoms. The molecular formula is C26H41F3N2O5. The van der Waals surface area contributed by atoms with Gasteiger partial charge in [-0.05, 0) is 42.9 Å². The molecule has 36 heavy (non-hydrogen) atoms. The number of nitrogens with one attached hydrogen (secondary N) is 1. The Labute approximate surface area is 212 Å². The van der Waals surface area contributed by atoms with E-state index < -0.39 is 24.7 Å². The molecule has 0 spiro atoms. The number of carboxylic acids is 1. The third kappa shape index (κ3) is 14.8. The Morgan fingerprint density at radius 2 is 1.67 bits per heavy atom. The zero-order valence-corrected chi connectivity index (χ0v) is 21.8. The van der Waals surface area contributed by atoms with Crippen molar-refractivity contribution >= 4 is 12.0 Å². The molecule has 1 aromatic rings. The first-order valence-electron chi connectivity index (χ1n) is 12.5. The second-order valence-corrected chi connectivity index (χ2v) is 9.96. The van der Waals surface area contributed by atoms with Crippen molar-refractivity contribution in [2.45, 2.75) is 78.5 Å². The molecule has 0 fully saturated rings. The number of carboxylic acid groups (broad SMARTS) is 1. The van der Waals surface area contributed by atoms with Crippen LogP contribution in [0.5, 0.6) is 5.75 Å². The molecule has 1 rings (SSSR count). The van der Waals surface area contributed by atoms with Crippen molar-refractivity contribution in [1.29, 1.82) is 0 Å². The number of carbonyl (C=O) groups excluding carboxylic acids is 1. The minimum atomic E-state index is -4.13. The van der Waals surface area contributed by atoms with Crippen molar-refractivity contribution in [3.63, 3.8) is 0 Å². The first kappa shape index (κ1) is 31.5. The zero-order valence-electron chi connectivity index (χ0n) is 21.8. The first-order chi connectivity index (χ1) is 16.8. The average molecular weight is 519 g/mol. The Hall–Kier alpha value is -2.49. The Morgan fingerprint density at radius 3 is 2.22 bits per heavy atom. The summed E-state index contributed by atoms with van der Waals surface area (Å²) in [6, 6.07) is 6.81. The van der Waals surface area contributed by atoms with Gasteiger partial charge in [0.15, 0.2) is 6.10 Å². The largest absolute Gasteiger partial charge is 0.492 e. The summed E-state index contributed by atoms with van der Waals surface area (Å²) in [4.78, 5) is 25.6. The number of halogens is 3. The van der Waals surface area contributed by atoms with E-state index in [0.717, 1.165) is 5.56 Å². The highest BCUT2D eigenvalue weighted by Gasteiger charge is 2.25. The van der Waals surface area contributed by atoms with Gasteiger partial charge in [-0.2, -0.15) is 13.2 Å². The van der Waals surface area contributed by atoms with E-state index in [4.69, 9.17) is 9.47 Å². The predicted octanol–water partition coefficient (Wildman–Crippen LogP) is 5.67. The summed E-state index contributed by atoms with van der Waals surface area (Å²) in [6.45, 7) is 9.58. The molecule has 7 nitrogen and oxygen atoms in total. The van der Waals surface area contributed by atoms with Crippen LogP contribution in [0.1, 0.15) is 65.4 Å². The fourth-order valence-electron chi connectivity index (χ4n) is 3.38. The number of hydrogen-bond donors (Lipinski definition) is 2. The van der Waals surface area contributed by atoms with E-state index >= 15 is 0 Å². The van der Waals surface area contributed by atoms with Crippen molar-refractivity contribution < 1.29 is 37.3 Å². The van der Waals surface area contributed by atoms with Crippen LogP contribution in [0.4, 0.5) is 18.0 Å². The van der Waals surface area contributed by atoms with E-state index in [1.807, 2.05) is 20.8 Å². The Bertz CT molecular complexity index is 779. The Balaban J connectivity index is 2.57. The van der Waals surface area contributed by atoms with Gasteiger partial charge in [0.05, 0.1) is 6.54 Å². The van der Waals surface area contributed by atoms with Crippen molar-refractivity contribution in [2.24, 2.45) is 5.41 Å². The van der Waals surface area contributed by atoms with Gasteiger partial charge in [-0.15, -0.1) is 0 Å². The van der Waals surface area contributed by atoms with Crippen molar-refractivity contribution in [3.8, 4) is 5.75 Å². The van der Waals surface area contributed by atoms with Gasteiger partial charge in [0.1, 0.15) is 12.4 Å². The van der Waals surface area contributed by atoms with Gasteiger partial charge in [0.25, 0.3) is 0 Å². The highest BCUT2D eigenvalue weighted by atomic mass is 19.4. The van der Waals surface area contributed by atoms with Crippen LogP contribution in [-0.4, -0.2) is 67.1 Å². The number of rotatable bonds is 16. The summed E-state index contributed by atoms with van der Waals surface area (Å²) in [6.07, 6.45) is -3.79. The van der Waals surface area contributed by atoms with E-state index in [-0.39, 0.29) is 30.9 Å². The van der Waals surface area contributed by atoms with Gasteiger partial charge in [0.2, 0.25) is 0 Å². The number of ether oxygens (including phenoxy) is 2. The lowest BCUT2D eigenvalue weighted by atomic mass is 9.97. The molecule has 0 aromatic heterocycles. The summed E-state index contributed by atoms with van der Waals surface area (Å²) < 4.78 is 47.9. The van der Waals surface area contributed by atoms with Crippen LogP contribution in [-0.2, 0) is 16.0 Å². The fourth-order valence-corrected chi connectivity index (χ4v) is 3.38. The monoisotopic (exact) mass is 518 g/mol. The number of amides is 2. The minimum Gasteiger partial charge on any atom is -0.492 e. The van der Waals surface area contributed by atoms with Crippen LogP contribution in [0.2, 0.25) is 0 Å². The number of alkyl halides is 3. The zero-order chi connectivity index (χ0) is 27.2. The summed E-state index contributed by atoms with van der Waals surface area (Å²) in [5.74, 6) is -0.424. The Kier molecular flexibility index (Phi) is 13.7. The lowest BCUT2D eigenvalue weighted by molar-refractivity contribution is -0.150. The maximum Gasteiger partial charge on any atom is 0.389 e. The molecule has 1 atom stereocenters. The van der Waals surface area contributed by atoms with E-state index in [1.165, 1.54) is 0 Å². The van der Waals surface area contributed by atoms with Gasteiger partial charge >= 0.3 is 18.2 Å². The molecule has 1 aromatic carbocycles. The van der Waals surface area contributed by atoms with Crippen LogP contribution >= 0.6 is 0 Å². The number of nitrogens with zero attached hydrogens (tertiary/aromatic N) is 1. The molecule has 0 saturated carbocycles. The first-order valence-corrected chi connectivity index (χ1v) is 12.5. The topological polar surface area (TPSA) is 88.1 Å². The van der Waals surface area contributed by atoms with Gasteiger partial charge in [-0.25, -0.2) is 9.59 Å². The van der Waals surface area contributed by atoms with E-state index in [1.54, 1.807) is 36.1 Å². The van der Waals surface area contributed by atoms with Crippen LogP contribution in [0.25, 0.3) is 0 Å². The van der Waals surface area contributed by atoms with Gasteiger partial charge in [0, 0.05) is 32.5 Å². The van der Waals surface area contributed by atoms with Crippen molar-refractivity contribution in [3.05, 3.63) is 29.8 Å². The van der Waals surface area contributed by atoms with Crippen LogP contribution in [0.15, 0.2) is 24.3 Å². The fraction of sp³-hybridized carbons (Fsp3) is 0.692. The van der Waals surface area contributed by atoms with Crippen molar-refractivity contribution in [2.75, 3.05) is 32.8 Å². The third-order valence-corrected chi connectivity index (χ3v) is 5.31. The summed E-state index contributed by atoms with van der Waals surface area (Å²) in [5, 5.41) is 12.1. The van der Waals surface area contributed by atoms with Crippen molar-refractivity contribution in [1.82, 2.24) is 10.2 Å². The normalized spacial score (nSPS) is 12.8. The standard InChI is InChI=1S/C26H41F3N2O5/c1-5-35-22(23(32)33)18-20-10-12-21(13-11-20)36-17-16-31(24(34)30-19-25(2,3)4)15-9-7-6-8-14-26(27,28)29/h10-13,22H,5-9,14-19H2,1-4H3,(H,30,34)(H,32,33). The summed E-state index contributed by atoms with van der Waals surface area (Å²) in [5.41, 5.74) is 0.718. The van der Waals surface area contributed by atoms with Gasteiger partial charge in [-0.3, -0.25) is 0 Å². The molecule has 0 aliphatic rings. The molecule has 2 N–H and O–H groups in total. The predicted molar refractivity (Wildman–Crippen MR) is 132 cm³/mol. The van der Waals surface area contributed by atoms with Gasteiger partial charge < -0.3 is 24.8 Å². The van der Waals surface area contributed by atoms with E-state index in [0.29, 0.717) is 51.3 Å². The van der Waals surface area contributed by atoms with E-state index in [9.17, 15) is 27.9 Å². The minimum absolute atomic E-state index is 0.0843. The number of hydrogen-bond acceptors (Lipinski definition) is 4. The maximum absolute atomic E-state index is 12.7. The SMILES string of the molecule is CCOC(Cc1ccc(OCCN(CCCCCCC(F)(F)F)C(=O)NCC(C)(C)C)cc1)C(=O)O. The lowest BCUT2D eigenvalue weighted by Gasteiger charge is -2.26. The molecule has 0 heterocycles. The summed E-state index contributed by atoms with van der Waals surface area (Å²) in [7, 11) is 0. The van der Waals surface area contributed by atoms with E-state index in [2.05, 4.69) is 5.32 Å². The molecule has 10 heteroatoms. The van der Waals surface area contributed by atoms with Crippen LogP contribution < -0.4 is 10.1 Å². The number of carbonyl (C=O) groups is 2. The molecule has 2 amide bonds. The molecule has 0 aliphatic heterocycles. The van der Waals surface area contributed by atoms with Gasteiger partial charge in [-0.1, -0.05) is 45.7 Å². The number of aliphatic carboxylic acids is 1. The molecule has 1 unspecified atom stereocenters. The highest BCUT2D eigenvalue weighted by Crippen LogP contribution is 2.23.